The van der Waals surface area contributed by atoms with Gasteiger partial charge in [0.1, 0.15) is 0 Å². The van der Waals surface area contributed by atoms with E-state index in [1.54, 1.807) is 6.08 Å². The average Bonchev–Trinajstić information content (AvgIpc) is 2.29. The van der Waals surface area contributed by atoms with E-state index in [9.17, 15) is 4.79 Å². The molecule has 0 aliphatic carbocycles. The van der Waals surface area contributed by atoms with Gasteiger partial charge in [-0.2, -0.15) is 0 Å². The van der Waals surface area contributed by atoms with Crippen molar-refractivity contribution in [1.29, 1.82) is 0 Å². The molecule has 2 heteroatoms. The number of hydrogen-bond acceptors (Lipinski definition) is 1. The van der Waals surface area contributed by atoms with Gasteiger partial charge in [-0.25, -0.2) is 0 Å². The molecule has 15 heavy (non-hydrogen) atoms. The topological polar surface area (TPSA) is 37.3 Å². The standard InChI is InChI=1S/C11H12O2.C2H6/c1-2-6-10(11(12)13)9-7-4-3-5-8-9;1-2/h2-5,7-8,10H,1,6H2,(H,12,13);1-2H3/t10-;/m0./s1. The summed E-state index contributed by atoms with van der Waals surface area (Å²) >= 11 is 0. The van der Waals surface area contributed by atoms with Gasteiger partial charge in [-0.1, -0.05) is 50.3 Å². The molecule has 0 aliphatic rings. The van der Waals surface area contributed by atoms with E-state index in [-0.39, 0.29) is 0 Å². The predicted octanol–water partition coefficient (Wildman–Crippen LogP) is 3.46. The van der Waals surface area contributed by atoms with Crippen LogP contribution in [0.25, 0.3) is 0 Å². The minimum absolute atomic E-state index is 0.460. The molecule has 0 saturated carbocycles. The minimum Gasteiger partial charge on any atom is -0.481 e. The lowest BCUT2D eigenvalue weighted by molar-refractivity contribution is -0.138. The van der Waals surface area contributed by atoms with Crippen LogP contribution in [0, 0.1) is 0 Å². The lowest BCUT2D eigenvalue weighted by Crippen LogP contribution is -2.10. The fourth-order valence-electron chi connectivity index (χ4n) is 1.23. The van der Waals surface area contributed by atoms with E-state index in [0.29, 0.717) is 6.42 Å². The first-order valence-electron chi connectivity index (χ1n) is 5.14. The molecule has 82 valence electrons. The molecule has 0 radical (unpaired) electrons. The van der Waals surface area contributed by atoms with Crippen molar-refractivity contribution < 1.29 is 9.90 Å². The van der Waals surface area contributed by atoms with Crippen molar-refractivity contribution in [2.24, 2.45) is 0 Å². The van der Waals surface area contributed by atoms with E-state index >= 15 is 0 Å². The second-order valence-electron chi connectivity index (χ2n) is 2.83. The summed E-state index contributed by atoms with van der Waals surface area (Å²) in [6.07, 6.45) is 2.10. The third kappa shape index (κ3) is 4.45. The van der Waals surface area contributed by atoms with Crippen LogP contribution in [0.15, 0.2) is 43.0 Å². The quantitative estimate of drug-likeness (QED) is 0.766. The lowest BCUT2D eigenvalue weighted by Gasteiger charge is -2.09. The molecular formula is C13H18O2. The van der Waals surface area contributed by atoms with E-state index in [4.69, 9.17) is 5.11 Å². The van der Waals surface area contributed by atoms with Crippen LogP contribution >= 0.6 is 0 Å². The molecular weight excluding hydrogens is 188 g/mol. The number of aliphatic carboxylic acids is 1. The van der Waals surface area contributed by atoms with Gasteiger partial charge in [-0.3, -0.25) is 4.79 Å². The highest BCUT2D eigenvalue weighted by molar-refractivity contribution is 5.76. The first kappa shape index (κ1) is 13.4. The van der Waals surface area contributed by atoms with Gasteiger partial charge in [-0.05, 0) is 12.0 Å². The van der Waals surface area contributed by atoms with Crippen molar-refractivity contribution in [1.82, 2.24) is 0 Å². The average molecular weight is 206 g/mol. The van der Waals surface area contributed by atoms with Gasteiger partial charge in [0, 0.05) is 0 Å². The van der Waals surface area contributed by atoms with Crippen molar-refractivity contribution >= 4 is 5.97 Å². The zero-order chi connectivity index (χ0) is 11.7. The monoisotopic (exact) mass is 206 g/mol. The van der Waals surface area contributed by atoms with Gasteiger partial charge < -0.3 is 5.11 Å². The normalized spacial score (nSPS) is 10.8. The lowest BCUT2D eigenvalue weighted by atomic mass is 9.96. The highest BCUT2D eigenvalue weighted by atomic mass is 16.4. The fraction of sp³-hybridized carbons (Fsp3) is 0.308. The van der Waals surface area contributed by atoms with E-state index in [1.165, 1.54) is 0 Å². The number of benzene rings is 1. The Morgan fingerprint density at radius 2 is 1.93 bits per heavy atom. The summed E-state index contributed by atoms with van der Waals surface area (Å²) in [5.74, 6) is -1.26. The number of carboxylic acids is 1. The number of hydrogen-bond donors (Lipinski definition) is 1. The second-order valence-corrected chi connectivity index (χ2v) is 2.83. The molecule has 0 aromatic heterocycles. The molecule has 1 N–H and O–H groups in total. The van der Waals surface area contributed by atoms with Crippen LogP contribution in [0.1, 0.15) is 31.7 Å². The number of carbonyl (C=O) groups is 1. The Morgan fingerprint density at radius 3 is 2.33 bits per heavy atom. The Balaban J connectivity index is 0.000000921. The summed E-state index contributed by atoms with van der Waals surface area (Å²) < 4.78 is 0. The molecule has 0 amide bonds. The van der Waals surface area contributed by atoms with Crippen molar-refractivity contribution in [3.8, 4) is 0 Å². The van der Waals surface area contributed by atoms with Crippen LogP contribution in [-0.2, 0) is 4.79 Å². The van der Waals surface area contributed by atoms with Gasteiger partial charge in [0.2, 0.25) is 0 Å². The molecule has 0 spiro atoms. The largest absolute Gasteiger partial charge is 0.481 e. The van der Waals surface area contributed by atoms with Crippen LogP contribution in [0.4, 0.5) is 0 Å². The molecule has 0 unspecified atom stereocenters. The number of allylic oxidation sites excluding steroid dienone is 1. The van der Waals surface area contributed by atoms with Crippen molar-refractivity contribution in [3.05, 3.63) is 48.6 Å². The van der Waals surface area contributed by atoms with Crippen molar-refractivity contribution in [3.63, 3.8) is 0 Å². The van der Waals surface area contributed by atoms with Crippen LogP contribution in [0.3, 0.4) is 0 Å². The Hall–Kier alpha value is -1.57. The molecule has 1 rings (SSSR count). The summed E-state index contributed by atoms with van der Waals surface area (Å²) in [6, 6.07) is 9.20. The number of rotatable bonds is 4. The molecule has 0 saturated heterocycles. The third-order valence-corrected chi connectivity index (χ3v) is 1.90. The van der Waals surface area contributed by atoms with Gasteiger partial charge in [0.25, 0.3) is 0 Å². The maximum Gasteiger partial charge on any atom is 0.311 e. The molecule has 0 fully saturated rings. The van der Waals surface area contributed by atoms with Gasteiger partial charge >= 0.3 is 5.97 Å². The van der Waals surface area contributed by atoms with Crippen LogP contribution < -0.4 is 0 Å². The highest BCUT2D eigenvalue weighted by Crippen LogP contribution is 2.19. The minimum atomic E-state index is -0.800. The summed E-state index contributed by atoms with van der Waals surface area (Å²) in [5, 5.41) is 8.91. The molecule has 1 atom stereocenters. The maximum atomic E-state index is 10.8. The molecule has 2 nitrogen and oxygen atoms in total. The van der Waals surface area contributed by atoms with E-state index < -0.39 is 11.9 Å². The molecule has 0 bridgehead atoms. The van der Waals surface area contributed by atoms with Gasteiger partial charge in [0.15, 0.2) is 0 Å². The Labute approximate surface area is 91.3 Å². The highest BCUT2D eigenvalue weighted by Gasteiger charge is 2.16. The fourth-order valence-corrected chi connectivity index (χ4v) is 1.23. The molecule has 0 heterocycles. The van der Waals surface area contributed by atoms with Gasteiger partial charge in [0.05, 0.1) is 5.92 Å². The van der Waals surface area contributed by atoms with E-state index in [2.05, 4.69) is 6.58 Å². The summed E-state index contributed by atoms with van der Waals surface area (Å²) in [6.45, 7) is 7.55. The number of carboxylic acid groups (broad SMARTS) is 1. The van der Waals surface area contributed by atoms with Gasteiger partial charge in [-0.15, -0.1) is 6.58 Å². The summed E-state index contributed by atoms with van der Waals surface area (Å²) in [7, 11) is 0. The predicted molar refractivity (Wildman–Crippen MR) is 63.0 cm³/mol. The second kappa shape index (κ2) is 7.80. The third-order valence-electron chi connectivity index (χ3n) is 1.90. The Morgan fingerprint density at radius 1 is 1.40 bits per heavy atom. The molecule has 0 aliphatic heterocycles. The first-order valence-corrected chi connectivity index (χ1v) is 5.14. The van der Waals surface area contributed by atoms with E-state index in [0.717, 1.165) is 5.56 Å². The summed E-state index contributed by atoms with van der Waals surface area (Å²) in [4.78, 5) is 10.8. The zero-order valence-electron chi connectivity index (χ0n) is 9.31. The smallest absolute Gasteiger partial charge is 0.311 e. The summed E-state index contributed by atoms with van der Waals surface area (Å²) in [5.41, 5.74) is 0.829. The van der Waals surface area contributed by atoms with Crippen LogP contribution in [0.2, 0.25) is 0 Å². The Bertz CT molecular complexity index is 291. The Kier molecular flexibility index (Phi) is 6.98. The van der Waals surface area contributed by atoms with Crippen molar-refractivity contribution in [2.75, 3.05) is 0 Å². The maximum absolute atomic E-state index is 10.8. The van der Waals surface area contributed by atoms with E-state index in [1.807, 2.05) is 44.2 Å². The van der Waals surface area contributed by atoms with Crippen LogP contribution in [0.5, 0.6) is 0 Å². The molecule has 1 aromatic rings. The zero-order valence-corrected chi connectivity index (χ0v) is 9.31. The SMILES string of the molecule is C=CC[C@H](C(=O)O)c1ccccc1.CC. The molecule has 1 aromatic carbocycles. The first-order chi connectivity index (χ1) is 7.25. The van der Waals surface area contributed by atoms with Crippen LogP contribution in [-0.4, -0.2) is 11.1 Å². The van der Waals surface area contributed by atoms with Crippen molar-refractivity contribution in [2.45, 2.75) is 26.2 Å².